The number of carbonyl (C=O) groups is 5. The third-order valence-electron chi connectivity index (χ3n) is 12.8. The smallest absolute Gasteiger partial charge is 0.255 e. The fraction of sp³-hybridized carbons (Fsp3) is 0.333. The third-order valence-corrected chi connectivity index (χ3v) is 13.0. The molecule has 19 heteroatoms. The van der Waals surface area contributed by atoms with E-state index < -0.39 is 23.6 Å². The van der Waals surface area contributed by atoms with Crippen molar-refractivity contribution in [3.63, 3.8) is 0 Å². The van der Waals surface area contributed by atoms with Crippen molar-refractivity contribution in [2.45, 2.75) is 76.2 Å². The lowest BCUT2D eigenvalue weighted by Crippen LogP contribution is -2.52. The lowest BCUT2D eigenvalue weighted by Gasteiger charge is -2.29. The van der Waals surface area contributed by atoms with E-state index >= 15 is 0 Å². The molecule has 0 radical (unpaired) electrons. The largest absolute Gasteiger partial charge is 0.379 e. The van der Waals surface area contributed by atoms with E-state index in [1.54, 1.807) is 66.9 Å². The number of nitrogens with zero attached hydrogens (tertiary/aromatic N) is 4. The third kappa shape index (κ3) is 11.2. The number of nitrogens with one attached hydrogen (secondary N) is 5. The molecular formula is C51H50ClF2N9O7. The number of fused-ring (bicyclic) bond motifs is 4. The van der Waals surface area contributed by atoms with E-state index in [0.29, 0.717) is 93.8 Å². The number of halogens is 3. The zero-order valence-electron chi connectivity index (χ0n) is 38.0. The number of carbonyl (C=O) groups excluding carboxylic acids is 5. The molecule has 0 bridgehead atoms. The SMILES string of the molecule is O=C1CCC(N2Cc3cc(NC(=O)CCOCCOCCNC4CCC(NC(=O)c5ccc(Nc6ncc7c(n6)-c6ccc(Cl)cc6C(c6c(F)cccc6F)=NC7)cc5)CC4)ccc3C2=O)C(=O)N1. The summed E-state index contributed by atoms with van der Waals surface area (Å²) in [6.45, 7) is 2.44. The Morgan fingerprint density at radius 1 is 0.800 bits per heavy atom. The van der Waals surface area contributed by atoms with Gasteiger partial charge in [-0.1, -0.05) is 23.7 Å². The Morgan fingerprint density at radius 3 is 2.30 bits per heavy atom. The van der Waals surface area contributed by atoms with Gasteiger partial charge in [-0.25, -0.2) is 18.7 Å². The Bertz CT molecular complexity index is 2840. The summed E-state index contributed by atoms with van der Waals surface area (Å²) in [6.07, 6.45) is 5.74. The Morgan fingerprint density at radius 2 is 1.53 bits per heavy atom. The fourth-order valence-corrected chi connectivity index (χ4v) is 9.34. The highest BCUT2D eigenvalue weighted by Gasteiger charge is 2.39. The number of aromatic nitrogens is 2. The molecule has 0 spiro atoms. The number of anilines is 3. The molecule has 1 aromatic heterocycles. The van der Waals surface area contributed by atoms with Crippen LogP contribution in [0.15, 0.2) is 90.1 Å². The fourth-order valence-electron chi connectivity index (χ4n) is 9.16. The summed E-state index contributed by atoms with van der Waals surface area (Å²) >= 11 is 6.36. The van der Waals surface area contributed by atoms with E-state index in [9.17, 15) is 32.8 Å². The van der Waals surface area contributed by atoms with Gasteiger partial charge in [0, 0.05) is 82.0 Å². The second kappa shape index (κ2) is 21.8. The molecule has 4 heterocycles. The predicted molar refractivity (Wildman–Crippen MR) is 257 cm³/mol. The van der Waals surface area contributed by atoms with Gasteiger partial charge >= 0.3 is 0 Å². The second-order valence-corrected chi connectivity index (χ2v) is 17.9. The highest BCUT2D eigenvalue weighted by atomic mass is 35.5. The van der Waals surface area contributed by atoms with Crippen molar-refractivity contribution in [1.82, 2.24) is 30.8 Å². The first kappa shape index (κ1) is 48.1. The number of amides is 5. The second-order valence-electron chi connectivity index (χ2n) is 17.5. The van der Waals surface area contributed by atoms with E-state index in [4.69, 9.17) is 26.1 Å². The summed E-state index contributed by atoms with van der Waals surface area (Å²) in [7, 11) is 0. The number of rotatable bonds is 17. The van der Waals surface area contributed by atoms with Gasteiger partial charge in [0.2, 0.25) is 23.7 Å². The number of aliphatic imine (C=N–C) groups is 1. The van der Waals surface area contributed by atoms with Crippen molar-refractivity contribution in [2.75, 3.05) is 43.6 Å². The molecule has 70 heavy (non-hydrogen) atoms. The highest BCUT2D eigenvalue weighted by molar-refractivity contribution is 6.31. The molecule has 1 aliphatic carbocycles. The molecule has 5 N–H and O–H groups in total. The predicted octanol–water partition coefficient (Wildman–Crippen LogP) is 6.62. The van der Waals surface area contributed by atoms with Crippen molar-refractivity contribution >= 4 is 64.2 Å². The number of ether oxygens (including phenoxy) is 2. The van der Waals surface area contributed by atoms with Crippen LogP contribution in [0.5, 0.6) is 0 Å². The lowest BCUT2D eigenvalue weighted by molar-refractivity contribution is -0.137. The monoisotopic (exact) mass is 973 g/mol. The van der Waals surface area contributed by atoms with Gasteiger partial charge in [0.1, 0.15) is 17.7 Å². The highest BCUT2D eigenvalue weighted by Crippen LogP contribution is 2.35. The number of hydrogen-bond donors (Lipinski definition) is 5. The van der Waals surface area contributed by atoms with Crippen molar-refractivity contribution in [3.05, 3.63) is 135 Å². The first-order valence-corrected chi connectivity index (χ1v) is 23.6. The Labute approximate surface area is 407 Å². The van der Waals surface area contributed by atoms with E-state index in [-0.39, 0.29) is 79.9 Å². The van der Waals surface area contributed by atoms with E-state index in [1.165, 1.54) is 23.1 Å². The maximum absolute atomic E-state index is 15.0. The van der Waals surface area contributed by atoms with Gasteiger partial charge in [-0.2, -0.15) is 0 Å². The van der Waals surface area contributed by atoms with Gasteiger partial charge in [-0.15, -0.1) is 0 Å². The number of imide groups is 1. The number of benzene rings is 4. The lowest BCUT2D eigenvalue weighted by atomic mass is 9.91. The molecule has 362 valence electrons. The molecule has 1 unspecified atom stereocenters. The minimum Gasteiger partial charge on any atom is -0.379 e. The molecule has 5 aromatic rings. The standard InChI is InChI=1S/C51H50ClF2N9O7/c52-32-6-14-38-39(25-32)47(45-40(53)2-1-3-41(45)54)56-26-31-27-57-51(62-46(31)38)60-35-7-4-29(5-8-35)48(66)59-34-11-9-33(10-12-34)55-19-21-70-23-22-69-20-18-44(65)58-36-13-15-37-30(24-36)28-63(50(37)68)42-16-17-43(64)61-49(42)67/h1-8,13-15,24-25,27,33-34,42,55H,9-12,16-23,26,28H2,(H,58,65)(H,59,66)(H,57,60,62)(H,61,64,67). The van der Waals surface area contributed by atoms with Crippen LogP contribution in [0.4, 0.5) is 26.1 Å². The Hall–Kier alpha value is -6.99. The minimum atomic E-state index is -0.734. The minimum absolute atomic E-state index is 0.0563. The van der Waals surface area contributed by atoms with Crippen LogP contribution >= 0.6 is 11.6 Å². The van der Waals surface area contributed by atoms with Crippen LogP contribution < -0.4 is 26.6 Å². The molecule has 5 amide bonds. The van der Waals surface area contributed by atoms with Gasteiger partial charge in [-0.3, -0.25) is 34.3 Å². The average Bonchev–Trinajstić information content (AvgIpc) is 3.58. The van der Waals surface area contributed by atoms with Crippen LogP contribution in [0.1, 0.15) is 87.9 Å². The summed E-state index contributed by atoms with van der Waals surface area (Å²) in [6, 6.07) is 20.5. The van der Waals surface area contributed by atoms with E-state index in [0.717, 1.165) is 25.7 Å². The van der Waals surface area contributed by atoms with Gasteiger partial charge < -0.3 is 35.6 Å². The Balaban J connectivity index is 0.645. The molecule has 9 rings (SSSR count). The zero-order chi connectivity index (χ0) is 48.7. The Kier molecular flexibility index (Phi) is 14.9. The molecule has 16 nitrogen and oxygen atoms in total. The molecule has 2 fully saturated rings. The number of piperidine rings is 1. The number of hydrogen-bond acceptors (Lipinski definition) is 12. The van der Waals surface area contributed by atoms with Crippen LogP contribution in [0.25, 0.3) is 11.3 Å². The quantitative estimate of drug-likeness (QED) is 0.0495. The molecule has 4 aromatic carbocycles. The van der Waals surface area contributed by atoms with Gasteiger partial charge in [-0.05, 0) is 104 Å². The molecule has 1 saturated carbocycles. The van der Waals surface area contributed by atoms with Gasteiger partial charge in [0.05, 0.1) is 56.4 Å². The molecule has 1 atom stereocenters. The summed E-state index contributed by atoms with van der Waals surface area (Å²) < 4.78 is 41.2. The van der Waals surface area contributed by atoms with Crippen LogP contribution in [-0.4, -0.2) is 101 Å². The maximum Gasteiger partial charge on any atom is 0.255 e. The van der Waals surface area contributed by atoms with Crippen LogP contribution in [0, 0.1) is 11.6 Å². The van der Waals surface area contributed by atoms with Crippen LogP contribution in [-0.2, 0) is 36.9 Å². The summed E-state index contributed by atoms with van der Waals surface area (Å²) in [4.78, 5) is 77.9. The van der Waals surface area contributed by atoms with E-state index in [2.05, 4.69) is 36.6 Å². The van der Waals surface area contributed by atoms with Crippen molar-refractivity contribution in [1.29, 1.82) is 0 Å². The van der Waals surface area contributed by atoms with Crippen LogP contribution in [0.3, 0.4) is 0 Å². The topological polar surface area (TPSA) is 205 Å². The normalized spacial score (nSPS) is 18.5. The average molecular weight is 974 g/mol. The summed E-state index contributed by atoms with van der Waals surface area (Å²) in [5, 5.41) is 15.4. The van der Waals surface area contributed by atoms with Gasteiger partial charge in [0.25, 0.3) is 11.8 Å². The molecule has 3 aliphatic heterocycles. The van der Waals surface area contributed by atoms with Crippen molar-refractivity contribution in [3.8, 4) is 11.3 Å². The maximum atomic E-state index is 15.0. The zero-order valence-corrected chi connectivity index (χ0v) is 38.8. The van der Waals surface area contributed by atoms with Gasteiger partial charge in [0.15, 0.2) is 0 Å². The molecular weight excluding hydrogens is 924 g/mol. The van der Waals surface area contributed by atoms with Crippen molar-refractivity contribution in [2.24, 2.45) is 4.99 Å². The van der Waals surface area contributed by atoms with Crippen LogP contribution in [0.2, 0.25) is 5.02 Å². The first-order valence-electron chi connectivity index (χ1n) is 23.3. The summed E-state index contributed by atoms with van der Waals surface area (Å²) in [5.74, 6) is -2.65. The summed E-state index contributed by atoms with van der Waals surface area (Å²) in [5.41, 5.74) is 5.08. The van der Waals surface area contributed by atoms with Crippen molar-refractivity contribution < 1.29 is 42.2 Å². The molecule has 4 aliphatic rings. The molecule has 1 saturated heterocycles. The first-order chi connectivity index (χ1) is 34.0. The van der Waals surface area contributed by atoms with E-state index in [1.807, 2.05) is 0 Å².